The number of aryl methyl sites for hydroxylation is 1. The van der Waals surface area contributed by atoms with Crippen LogP contribution in [-0.2, 0) is 14.3 Å². The predicted octanol–water partition coefficient (Wildman–Crippen LogP) is 3.48. The third kappa shape index (κ3) is 6.01. The summed E-state index contributed by atoms with van der Waals surface area (Å²) >= 11 is 0. The summed E-state index contributed by atoms with van der Waals surface area (Å²) in [7, 11) is 0. The van der Waals surface area contributed by atoms with Gasteiger partial charge >= 0.3 is 5.97 Å². The Morgan fingerprint density at radius 1 is 1.15 bits per heavy atom. The molecule has 0 aliphatic rings. The number of rotatable bonds is 7. The first-order chi connectivity index (χ1) is 13.0. The van der Waals surface area contributed by atoms with E-state index in [2.05, 4.69) is 5.32 Å². The lowest BCUT2D eigenvalue weighted by molar-refractivity contribution is -0.145. The molecule has 0 saturated carbocycles. The van der Waals surface area contributed by atoms with Crippen LogP contribution in [0.15, 0.2) is 54.1 Å². The number of hydrogen-bond donors (Lipinski definition) is 1. The fourth-order valence-corrected chi connectivity index (χ4v) is 2.22. The second-order valence-electron chi connectivity index (χ2n) is 5.60. The molecule has 0 heterocycles. The maximum Gasteiger partial charge on any atom is 0.344 e. The Bertz CT molecular complexity index is 880. The summed E-state index contributed by atoms with van der Waals surface area (Å²) in [5, 5.41) is 12.0. The van der Waals surface area contributed by atoms with Gasteiger partial charge in [-0.2, -0.15) is 5.26 Å². The van der Waals surface area contributed by atoms with Gasteiger partial charge in [-0.15, -0.1) is 0 Å². The van der Waals surface area contributed by atoms with E-state index in [1.54, 1.807) is 37.3 Å². The molecule has 0 radical (unpaired) electrons. The van der Waals surface area contributed by atoms with Gasteiger partial charge in [-0.3, -0.25) is 4.79 Å². The van der Waals surface area contributed by atoms with Crippen molar-refractivity contribution in [1.29, 1.82) is 5.26 Å². The molecule has 138 valence electrons. The summed E-state index contributed by atoms with van der Waals surface area (Å²) in [5.74, 6) is -0.432. The summed E-state index contributed by atoms with van der Waals surface area (Å²) in [5.41, 5.74) is 2.21. The molecule has 27 heavy (non-hydrogen) atoms. The van der Waals surface area contributed by atoms with Crippen molar-refractivity contribution in [2.75, 3.05) is 18.5 Å². The van der Waals surface area contributed by atoms with E-state index in [-0.39, 0.29) is 12.2 Å². The topological polar surface area (TPSA) is 88.4 Å². The van der Waals surface area contributed by atoms with Gasteiger partial charge in [0.2, 0.25) is 0 Å². The van der Waals surface area contributed by atoms with Crippen molar-refractivity contribution >= 4 is 23.6 Å². The minimum absolute atomic E-state index is 0.0153. The van der Waals surface area contributed by atoms with Crippen LogP contribution >= 0.6 is 0 Å². The van der Waals surface area contributed by atoms with E-state index < -0.39 is 11.9 Å². The van der Waals surface area contributed by atoms with Crippen LogP contribution in [0.4, 0.5) is 5.69 Å². The Kier molecular flexibility index (Phi) is 7.15. The second-order valence-corrected chi connectivity index (χ2v) is 5.60. The summed E-state index contributed by atoms with van der Waals surface area (Å²) in [6.07, 6.45) is 1.49. The van der Waals surface area contributed by atoms with Crippen LogP contribution in [0, 0.1) is 18.3 Å². The number of amides is 1. The van der Waals surface area contributed by atoms with Crippen molar-refractivity contribution in [3.8, 4) is 11.8 Å². The van der Waals surface area contributed by atoms with Gasteiger partial charge < -0.3 is 14.8 Å². The quantitative estimate of drug-likeness (QED) is 0.462. The van der Waals surface area contributed by atoms with E-state index in [1.165, 1.54) is 6.08 Å². The molecule has 0 bridgehead atoms. The van der Waals surface area contributed by atoms with Crippen molar-refractivity contribution in [1.82, 2.24) is 0 Å². The van der Waals surface area contributed by atoms with E-state index in [9.17, 15) is 14.9 Å². The number of ether oxygens (including phenoxy) is 2. The Morgan fingerprint density at radius 2 is 1.85 bits per heavy atom. The minimum atomic E-state index is -0.477. The highest BCUT2D eigenvalue weighted by Gasteiger charge is 2.11. The van der Waals surface area contributed by atoms with Crippen LogP contribution in [-0.4, -0.2) is 25.1 Å². The smallest absolute Gasteiger partial charge is 0.344 e. The maximum absolute atomic E-state index is 12.3. The molecule has 6 nitrogen and oxygen atoms in total. The molecule has 0 aliphatic heterocycles. The van der Waals surface area contributed by atoms with Crippen molar-refractivity contribution < 1.29 is 19.1 Å². The van der Waals surface area contributed by atoms with E-state index in [4.69, 9.17) is 9.47 Å². The molecule has 0 atom stereocenters. The highest BCUT2D eigenvalue weighted by atomic mass is 16.6. The summed E-state index contributed by atoms with van der Waals surface area (Å²) in [6, 6.07) is 15.9. The molecular weight excluding hydrogens is 344 g/mol. The van der Waals surface area contributed by atoms with Gasteiger partial charge in [-0.05, 0) is 49.2 Å². The minimum Gasteiger partial charge on any atom is -0.482 e. The molecular formula is C21H20N2O4. The molecule has 0 aliphatic carbocycles. The molecule has 0 spiro atoms. The first kappa shape index (κ1) is 19.7. The van der Waals surface area contributed by atoms with E-state index in [1.807, 2.05) is 31.2 Å². The highest BCUT2D eigenvalue weighted by Crippen LogP contribution is 2.17. The zero-order valence-electron chi connectivity index (χ0n) is 15.2. The zero-order valence-corrected chi connectivity index (χ0v) is 15.2. The van der Waals surface area contributed by atoms with Gasteiger partial charge in [0.1, 0.15) is 17.4 Å². The Balaban J connectivity index is 2.04. The Morgan fingerprint density at radius 3 is 2.48 bits per heavy atom. The van der Waals surface area contributed by atoms with Crippen molar-refractivity contribution in [3.63, 3.8) is 0 Å². The van der Waals surface area contributed by atoms with Crippen molar-refractivity contribution in [2.24, 2.45) is 0 Å². The van der Waals surface area contributed by atoms with Gasteiger partial charge in [-0.1, -0.05) is 30.3 Å². The van der Waals surface area contributed by atoms with Crippen LogP contribution < -0.4 is 10.1 Å². The highest BCUT2D eigenvalue weighted by molar-refractivity contribution is 6.09. The third-order valence-electron chi connectivity index (χ3n) is 3.61. The monoisotopic (exact) mass is 364 g/mol. The first-order valence-corrected chi connectivity index (χ1v) is 8.40. The van der Waals surface area contributed by atoms with E-state index in [0.717, 1.165) is 5.56 Å². The SMILES string of the molecule is CCOC(=O)COc1ccc(C=C(C#N)C(=O)Nc2ccccc2C)cc1. The molecule has 0 fully saturated rings. The molecule has 2 rings (SSSR count). The normalized spacial score (nSPS) is 10.6. The maximum atomic E-state index is 12.3. The zero-order chi connectivity index (χ0) is 19.6. The second kappa shape index (κ2) is 9.78. The fourth-order valence-electron chi connectivity index (χ4n) is 2.22. The molecule has 2 aromatic rings. The van der Waals surface area contributed by atoms with Gasteiger partial charge in [0.05, 0.1) is 6.61 Å². The van der Waals surface area contributed by atoms with Gasteiger partial charge in [0.25, 0.3) is 5.91 Å². The number of esters is 1. The van der Waals surface area contributed by atoms with E-state index >= 15 is 0 Å². The average Bonchev–Trinajstić information content (AvgIpc) is 2.67. The van der Waals surface area contributed by atoms with Crippen LogP contribution in [0.3, 0.4) is 0 Å². The number of nitriles is 1. The Hall–Kier alpha value is -3.59. The number of carbonyl (C=O) groups excluding carboxylic acids is 2. The number of para-hydroxylation sites is 1. The molecule has 0 saturated heterocycles. The van der Waals surface area contributed by atoms with Gasteiger partial charge in [-0.25, -0.2) is 4.79 Å². The van der Waals surface area contributed by atoms with Crippen molar-refractivity contribution in [3.05, 3.63) is 65.2 Å². The summed E-state index contributed by atoms with van der Waals surface area (Å²) in [6.45, 7) is 3.72. The fraction of sp³-hybridized carbons (Fsp3) is 0.190. The number of benzene rings is 2. The van der Waals surface area contributed by atoms with Crippen LogP contribution in [0.25, 0.3) is 6.08 Å². The number of nitrogens with zero attached hydrogens (tertiary/aromatic N) is 1. The number of anilines is 1. The number of carbonyl (C=O) groups is 2. The number of hydrogen-bond acceptors (Lipinski definition) is 5. The molecule has 1 amide bonds. The average molecular weight is 364 g/mol. The van der Waals surface area contributed by atoms with Crippen LogP contribution in [0.2, 0.25) is 0 Å². The lowest BCUT2D eigenvalue weighted by Crippen LogP contribution is -2.14. The third-order valence-corrected chi connectivity index (χ3v) is 3.61. The number of nitrogens with one attached hydrogen (secondary N) is 1. The standard InChI is InChI=1S/C21H20N2O4/c1-3-26-20(24)14-27-18-10-8-16(9-11-18)12-17(13-22)21(25)23-19-7-5-4-6-15(19)2/h4-12H,3,14H2,1-2H3,(H,23,25). The summed E-state index contributed by atoms with van der Waals surface area (Å²) < 4.78 is 10.1. The van der Waals surface area contributed by atoms with Gasteiger partial charge in [0, 0.05) is 5.69 Å². The Labute approximate surface area is 158 Å². The van der Waals surface area contributed by atoms with Crippen molar-refractivity contribution in [2.45, 2.75) is 13.8 Å². The van der Waals surface area contributed by atoms with E-state index in [0.29, 0.717) is 23.6 Å². The lowest BCUT2D eigenvalue weighted by Gasteiger charge is -2.08. The van der Waals surface area contributed by atoms with Crippen LogP contribution in [0.5, 0.6) is 5.75 Å². The molecule has 2 aromatic carbocycles. The molecule has 0 aromatic heterocycles. The molecule has 0 unspecified atom stereocenters. The van der Waals surface area contributed by atoms with Gasteiger partial charge in [0.15, 0.2) is 6.61 Å². The molecule has 6 heteroatoms. The largest absolute Gasteiger partial charge is 0.482 e. The summed E-state index contributed by atoms with van der Waals surface area (Å²) in [4.78, 5) is 23.6. The van der Waals surface area contributed by atoms with Crippen LogP contribution in [0.1, 0.15) is 18.1 Å². The molecule has 1 N–H and O–H groups in total. The predicted molar refractivity (Wildman–Crippen MR) is 102 cm³/mol. The first-order valence-electron chi connectivity index (χ1n) is 8.40. The lowest BCUT2D eigenvalue weighted by atomic mass is 10.1.